The SMILES string of the molecule is CC(=O)OCC1OC(OC[C@H](N)C(=O)P)[C@@H](N)C(OC(C)=O)[C@@H]1OC(C)=O. The number of hydrogen-bond acceptors (Lipinski definition) is 11. The number of hydrogen-bond donors (Lipinski definition) is 2. The summed E-state index contributed by atoms with van der Waals surface area (Å²) in [6.07, 6.45) is -4.43. The second-order valence-corrected chi connectivity index (χ2v) is 6.48. The molecular formula is C15H25N2O9P. The summed E-state index contributed by atoms with van der Waals surface area (Å²) in [5.41, 5.74) is 11.3. The van der Waals surface area contributed by atoms with Crippen LogP contribution in [0.2, 0.25) is 0 Å². The molecule has 0 aromatic heterocycles. The van der Waals surface area contributed by atoms with Gasteiger partial charge in [-0.2, -0.15) is 0 Å². The zero-order valence-electron chi connectivity index (χ0n) is 15.3. The van der Waals surface area contributed by atoms with E-state index >= 15 is 0 Å². The number of ether oxygens (including phenoxy) is 5. The lowest BCUT2D eigenvalue weighted by Crippen LogP contribution is -2.65. The zero-order chi connectivity index (χ0) is 20.7. The van der Waals surface area contributed by atoms with Crippen LogP contribution in [-0.2, 0) is 42.9 Å². The van der Waals surface area contributed by atoms with Crippen LogP contribution in [0.5, 0.6) is 0 Å². The molecule has 0 aromatic carbocycles. The van der Waals surface area contributed by atoms with Crippen molar-refractivity contribution in [1.82, 2.24) is 0 Å². The molecule has 0 aliphatic carbocycles. The van der Waals surface area contributed by atoms with Crippen LogP contribution in [0.1, 0.15) is 20.8 Å². The predicted molar refractivity (Wildman–Crippen MR) is 93.0 cm³/mol. The highest BCUT2D eigenvalue weighted by molar-refractivity contribution is 7.40. The molecule has 1 fully saturated rings. The van der Waals surface area contributed by atoms with Gasteiger partial charge in [-0.05, 0) is 0 Å². The van der Waals surface area contributed by atoms with E-state index in [0.29, 0.717) is 0 Å². The highest BCUT2D eigenvalue weighted by atomic mass is 31.0. The van der Waals surface area contributed by atoms with Gasteiger partial charge in [-0.3, -0.25) is 19.2 Å². The molecule has 0 bridgehead atoms. The van der Waals surface area contributed by atoms with Gasteiger partial charge in [0, 0.05) is 20.8 Å². The van der Waals surface area contributed by atoms with Crippen molar-refractivity contribution in [3.05, 3.63) is 0 Å². The van der Waals surface area contributed by atoms with Crippen LogP contribution in [0, 0.1) is 0 Å². The van der Waals surface area contributed by atoms with Crippen molar-refractivity contribution in [2.45, 2.75) is 57.5 Å². The molecule has 0 amide bonds. The number of rotatable bonds is 8. The molecule has 1 saturated heterocycles. The molecule has 0 radical (unpaired) electrons. The van der Waals surface area contributed by atoms with Gasteiger partial charge in [-0.25, -0.2) is 0 Å². The molecule has 0 saturated carbocycles. The summed E-state index contributed by atoms with van der Waals surface area (Å²) in [5.74, 6) is -1.93. The normalized spacial score (nSPS) is 28.7. The smallest absolute Gasteiger partial charge is 0.303 e. The Labute approximate surface area is 158 Å². The molecule has 1 aliphatic rings. The first-order valence-electron chi connectivity index (χ1n) is 8.08. The quantitative estimate of drug-likeness (QED) is 0.264. The van der Waals surface area contributed by atoms with E-state index in [2.05, 4.69) is 0 Å². The van der Waals surface area contributed by atoms with Gasteiger partial charge in [0.15, 0.2) is 24.0 Å². The van der Waals surface area contributed by atoms with E-state index in [0.717, 1.165) is 13.8 Å². The summed E-state index contributed by atoms with van der Waals surface area (Å²) >= 11 is 0. The minimum Gasteiger partial charge on any atom is -0.463 e. The van der Waals surface area contributed by atoms with Gasteiger partial charge >= 0.3 is 17.9 Å². The lowest BCUT2D eigenvalue weighted by atomic mass is 9.97. The monoisotopic (exact) mass is 408 g/mol. The fourth-order valence-electron chi connectivity index (χ4n) is 2.36. The van der Waals surface area contributed by atoms with Crippen LogP contribution >= 0.6 is 9.24 Å². The van der Waals surface area contributed by atoms with E-state index in [1.54, 1.807) is 0 Å². The van der Waals surface area contributed by atoms with Crippen molar-refractivity contribution < 1.29 is 42.9 Å². The number of nitrogens with two attached hydrogens (primary N) is 2. The van der Waals surface area contributed by atoms with Gasteiger partial charge in [0.1, 0.15) is 12.7 Å². The third-order valence-corrected chi connectivity index (χ3v) is 3.98. The van der Waals surface area contributed by atoms with Gasteiger partial charge < -0.3 is 35.2 Å². The van der Waals surface area contributed by atoms with Crippen molar-refractivity contribution in [1.29, 1.82) is 0 Å². The molecule has 12 heteroatoms. The van der Waals surface area contributed by atoms with Gasteiger partial charge in [0.2, 0.25) is 0 Å². The fourth-order valence-corrected chi connectivity index (χ4v) is 2.46. The molecule has 7 atom stereocenters. The maximum Gasteiger partial charge on any atom is 0.303 e. The maximum atomic E-state index is 11.5. The van der Waals surface area contributed by atoms with Crippen LogP contribution in [-0.4, -0.2) is 73.3 Å². The van der Waals surface area contributed by atoms with Crippen molar-refractivity contribution in [3.8, 4) is 0 Å². The molecule has 154 valence electrons. The summed E-state index contributed by atoms with van der Waals surface area (Å²) in [4.78, 5) is 45.3. The topological polar surface area (TPSA) is 166 Å². The first kappa shape index (κ1) is 23.4. The Kier molecular flexibility index (Phi) is 9.20. The van der Waals surface area contributed by atoms with E-state index in [1.807, 2.05) is 9.24 Å². The van der Waals surface area contributed by atoms with Crippen molar-refractivity contribution in [2.24, 2.45) is 11.5 Å². The number of carbonyl (C=O) groups excluding carboxylic acids is 4. The minimum atomic E-state index is -1.16. The zero-order valence-corrected chi connectivity index (χ0v) is 16.4. The lowest BCUT2D eigenvalue weighted by molar-refractivity contribution is -0.274. The van der Waals surface area contributed by atoms with Crippen LogP contribution in [0.3, 0.4) is 0 Å². The first-order valence-corrected chi connectivity index (χ1v) is 8.66. The summed E-state index contributed by atoms with van der Waals surface area (Å²) in [6.45, 7) is 2.99. The van der Waals surface area contributed by atoms with E-state index in [-0.39, 0.29) is 18.7 Å². The third-order valence-electron chi connectivity index (χ3n) is 3.55. The largest absolute Gasteiger partial charge is 0.463 e. The summed E-state index contributed by atoms with van der Waals surface area (Å²) in [5, 5.41) is 0. The third kappa shape index (κ3) is 7.47. The van der Waals surface area contributed by atoms with Crippen LogP contribution in [0.4, 0.5) is 0 Å². The van der Waals surface area contributed by atoms with Gasteiger partial charge in [0.25, 0.3) is 0 Å². The van der Waals surface area contributed by atoms with Gasteiger partial charge in [-0.15, -0.1) is 0 Å². The van der Waals surface area contributed by atoms with Crippen molar-refractivity contribution in [2.75, 3.05) is 13.2 Å². The molecular weight excluding hydrogens is 383 g/mol. The maximum absolute atomic E-state index is 11.5. The second kappa shape index (κ2) is 10.6. The Morgan fingerprint density at radius 2 is 1.59 bits per heavy atom. The average Bonchev–Trinajstić information content (AvgIpc) is 2.55. The Balaban J connectivity index is 3.03. The van der Waals surface area contributed by atoms with Gasteiger partial charge in [0.05, 0.1) is 18.7 Å². The van der Waals surface area contributed by atoms with Crippen molar-refractivity contribution in [3.63, 3.8) is 0 Å². The molecule has 27 heavy (non-hydrogen) atoms. The number of esters is 3. The standard InChI is InChI=1S/C15H25N2O9P/c1-6(18)22-5-10-12(24-7(2)19)13(25-8(3)20)11(17)15(26-10)23-4-9(16)14(21)27/h9-13,15H,4-5,16-17,27H2,1-3H3/t9-,10?,11-,12+,13?,15?/m0/s1. The van der Waals surface area contributed by atoms with Crippen LogP contribution in [0.15, 0.2) is 0 Å². The summed E-state index contributed by atoms with van der Waals surface area (Å²) < 4.78 is 26.4. The molecule has 4 unspecified atom stereocenters. The Hall–Kier alpha value is -1.65. The van der Waals surface area contributed by atoms with Gasteiger partial charge in [-0.1, -0.05) is 9.24 Å². The van der Waals surface area contributed by atoms with E-state index in [9.17, 15) is 19.2 Å². The highest BCUT2D eigenvalue weighted by Gasteiger charge is 2.49. The molecule has 1 rings (SSSR count). The molecule has 1 heterocycles. The van der Waals surface area contributed by atoms with E-state index < -0.39 is 54.6 Å². The molecule has 1 aliphatic heterocycles. The first-order chi connectivity index (χ1) is 12.5. The summed E-state index contributed by atoms with van der Waals surface area (Å²) in [7, 11) is 1.93. The molecule has 4 N–H and O–H groups in total. The Bertz CT molecular complexity index is 573. The van der Waals surface area contributed by atoms with Crippen LogP contribution < -0.4 is 11.5 Å². The molecule has 0 spiro atoms. The minimum absolute atomic E-state index is 0.216. The fraction of sp³-hybridized carbons (Fsp3) is 0.733. The number of carbonyl (C=O) groups is 4. The summed E-state index contributed by atoms with van der Waals surface area (Å²) in [6, 6.07) is -1.99. The molecule has 0 aromatic rings. The van der Waals surface area contributed by atoms with Crippen LogP contribution in [0.25, 0.3) is 0 Å². The van der Waals surface area contributed by atoms with E-state index in [1.165, 1.54) is 6.92 Å². The lowest BCUT2D eigenvalue weighted by Gasteiger charge is -2.43. The Morgan fingerprint density at radius 1 is 1.04 bits per heavy atom. The van der Waals surface area contributed by atoms with Crippen molar-refractivity contribution >= 4 is 32.7 Å². The highest BCUT2D eigenvalue weighted by Crippen LogP contribution is 2.26. The molecule has 11 nitrogen and oxygen atoms in total. The second-order valence-electron chi connectivity index (χ2n) is 5.91. The Morgan fingerprint density at radius 3 is 2.07 bits per heavy atom. The average molecular weight is 408 g/mol. The van der Waals surface area contributed by atoms with E-state index in [4.69, 9.17) is 35.2 Å². The predicted octanol–water partition coefficient (Wildman–Crippen LogP) is -1.79.